The zero-order valence-electron chi connectivity index (χ0n) is 9.11. The van der Waals surface area contributed by atoms with Gasteiger partial charge in [-0.15, -0.1) is 0 Å². The van der Waals surface area contributed by atoms with Crippen molar-refractivity contribution in [2.75, 3.05) is 0 Å². The Kier molecular flexibility index (Phi) is 3.69. The SMILES string of the molecule is NC(=S)C1CCCC1NC(=O)c1ccc(Cl)o1. The highest BCUT2D eigenvalue weighted by Crippen LogP contribution is 2.26. The van der Waals surface area contributed by atoms with Crippen molar-refractivity contribution in [2.45, 2.75) is 25.3 Å². The van der Waals surface area contributed by atoms with Crippen LogP contribution in [0.5, 0.6) is 0 Å². The zero-order chi connectivity index (χ0) is 12.4. The number of hydrogen-bond acceptors (Lipinski definition) is 3. The van der Waals surface area contributed by atoms with Crippen molar-refractivity contribution < 1.29 is 9.21 Å². The molecule has 1 aromatic rings. The van der Waals surface area contributed by atoms with E-state index in [1.165, 1.54) is 6.07 Å². The zero-order valence-corrected chi connectivity index (χ0v) is 10.7. The third kappa shape index (κ3) is 2.79. The summed E-state index contributed by atoms with van der Waals surface area (Å²) in [6.07, 6.45) is 2.84. The summed E-state index contributed by atoms with van der Waals surface area (Å²) in [5.74, 6) is 0.0213. The van der Waals surface area contributed by atoms with E-state index in [-0.39, 0.29) is 28.8 Å². The van der Waals surface area contributed by atoms with E-state index in [4.69, 9.17) is 34.0 Å². The Morgan fingerprint density at radius 3 is 2.88 bits per heavy atom. The number of halogens is 1. The molecule has 1 aliphatic rings. The molecule has 0 aliphatic heterocycles. The summed E-state index contributed by atoms with van der Waals surface area (Å²) in [6.45, 7) is 0. The highest BCUT2D eigenvalue weighted by molar-refractivity contribution is 7.80. The number of nitrogens with two attached hydrogens (primary N) is 1. The average molecular weight is 273 g/mol. The van der Waals surface area contributed by atoms with Gasteiger partial charge < -0.3 is 15.5 Å². The maximum Gasteiger partial charge on any atom is 0.287 e. The predicted molar refractivity (Wildman–Crippen MR) is 69.1 cm³/mol. The highest BCUT2D eigenvalue weighted by Gasteiger charge is 2.31. The molecule has 0 aromatic carbocycles. The normalized spacial score (nSPS) is 23.6. The van der Waals surface area contributed by atoms with E-state index < -0.39 is 0 Å². The summed E-state index contributed by atoms with van der Waals surface area (Å²) >= 11 is 10.6. The molecule has 3 N–H and O–H groups in total. The molecule has 4 nitrogen and oxygen atoms in total. The second-order valence-corrected chi connectivity index (χ2v) is 4.97. The monoisotopic (exact) mass is 272 g/mol. The van der Waals surface area contributed by atoms with Gasteiger partial charge in [-0.05, 0) is 36.6 Å². The van der Waals surface area contributed by atoms with Crippen molar-refractivity contribution in [1.82, 2.24) is 5.32 Å². The summed E-state index contributed by atoms with van der Waals surface area (Å²) in [7, 11) is 0. The van der Waals surface area contributed by atoms with Gasteiger partial charge in [-0.3, -0.25) is 4.79 Å². The molecule has 0 saturated heterocycles. The Balaban J connectivity index is 2.01. The van der Waals surface area contributed by atoms with Crippen molar-refractivity contribution in [1.29, 1.82) is 0 Å². The number of carbonyl (C=O) groups excluding carboxylic acids is 1. The quantitative estimate of drug-likeness (QED) is 0.827. The van der Waals surface area contributed by atoms with Crippen LogP contribution in [0.2, 0.25) is 5.22 Å². The summed E-state index contributed by atoms with van der Waals surface area (Å²) in [5, 5.41) is 3.08. The topological polar surface area (TPSA) is 68.3 Å². The predicted octanol–water partition coefficient (Wildman–Crippen LogP) is 2.12. The van der Waals surface area contributed by atoms with Gasteiger partial charge in [0.15, 0.2) is 11.0 Å². The molecule has 2 atom stereocenters. The van der Waals surface area contributed by atoms with E-state index >= 15 is 0 Å². The summed E-state index contributed by atoms with van der Waals surface area (Å²) in [5.41, 5.74) is 5.64. The van der Waals surface area contributed by atoms with Crippen molar-refractivity contribution in [3.63, 3.8) is 0 Å². The molecule has 2 unspecified atom stereocenters. The Morgan fingerprint density at radius 2 is 2.29 bits per heavy atom. The lowest BCUT2D eigenvalue weighted by atomic mass is 10.0. The lowest BCUT2D eigenvalue weighted by Gasteiger charge is -2.19. The molecule has 6 heteroatoms. The van der Waals surface area contributed by atoms with E-state index in [0.717, 1.165) is 19.3 Å². The van der Waals surface area contributed by atoms with Crippen molar-refractivity contribution >= 4 is 34.7 Å². The first-order valence-electron chi connectivity index (χ1n) is 5.43. The van der Waals surface area contributed by atoms with Crippen molar-refractivity contribution in [2.24, 2.45) is 11.7 Å². The maximum absolute atomic E-state index is 11.8. The minimum absolute atomic E-state index is 0.00359. The van der Waals surface area contributed by atoms with E-state index in [2.05, 4.69) is 5.32 Å². The molecule has 17 heavy (non-hydrogen) atoms. The van der Waals surface area contributed by atoms with Gasteiger partial charge >= 0.3 is 0 Å². The van der Waals surface area contributed by atoms with Crippen LogP contribution in [0.3, 0.4) is 0 Å². The van der Waals surface area contributed by atoms with E-state index in [1.807, 2.05) is 0 Å². The highest BCUT2D eigenvalue weighted by atomic mass is 35.5. The fourth-order valence-corrected chi connectivity index (χ4v) is 2.58. The summed E-state index contributed by atoms with van der Waals surface area (Å²) in [4.78, 5) is 12.3. The van der Waals surface area contributed by atoms with Crippen LogP contribution in [0, 0.1) is 5.92 Å². The Morgan fingerprint density at radius 1 is 1.53 bits per heavy atom. The number of thiocarbonyl (C=S) groups is 1. The molecular formula is C11H13ClN2O2S. The van der Waals surface area contributed by atoms with E-state index in [9.17, 15) is 4.79 Å². The average Bonchev–Trinajstić information content (AvgIpc) is 2.86. The van der Waals surface area contributed by atoms with Gasteiger partial charge in [0.2, 0.25) is 0 Å². The van der Waals surface area contributed by atoms with Crippen LogP contribution in [0.1, 0.15) is 29.8 Å². The number of nitrogens with one attached hydrogen (secondary N) is 1. The molecule has 2 rings (SSSR count). The summed E-state index contributed by atoms with van der Waals surface area (Å²) in [6, 6.07) is 3.09. The molecule has 0 bridgehead atoms. The molecule has 1 aliphatic carbocycles. The lowest BCUT2D eigenvalue weighted by molar-refractivity contribution is 0.0906. The van der Waals surface area contributed by atoms with Gasteiger partial charge in [0.25, 0.3) is 5.91 Å². The van der Waals surface area contributed by atoms with Crippen LogP contribution < -0.4 is 11.1 Å². The van der Waals surface area contributed by atoms with Gasteiger partial charge in [-0.25, -0.2) is 0 Å². The van der Waals surface area contributed by atoms with Crippen LogP contribution in [0.4, 0.5) is 0 Å². The second kappa shape index (κ2) is 5.06. The molecule has 1 amide bonds. The van der Waals surface area contributed by atoms with Crippen LogP contribution in [0.25, 0.3) is 0 Å². The first-order valence-corrected chi connectivity index (χ1v) is 6.22. The maximum atomic E-state index is 11.8. The minimum atomic E-state index is -0.273. The Hall–Kier alpha value is -1.07. The van der Waals surface area contributed by atoms with Gasteiger partial charge in [0.05, 0.1) is 4.99 Å². The third-order valence-corrected chi connectivity index (χ3v) is 3.50. The standard InChI is InChI=1S/C11H13ClN2O2S/c12-9-5-4-8(16-9)11(15)14-7-3-1-2-6(7)10(13)17/h4-7H,1-3H2,(H2,13,17)(H,14,15). The number of carbonyl (C=O) groups is 1. The molecule has 1 aromatic heterocycles. The fraction of sp³-hybridized carbons (Fsp3) is 0.455. The molecule has 1 saturated carbocycles. The number of hydrogen-bond donors (Lipinski definition) is 2. The Labute approximate surface area is 109 Å². The van der Waals surface area contributed by atoms with Crippen LogP contribution in [-0.4, -0.2) is 16.9 Å². The van der Waals surface area contributed by atoms with Crippen LogP contribution in [-0.2, 0) is 0 Å². The largest absolute Gasteiger partial charge is 0.440 e. The first-order chi connectivity index (χ1) is 8.08. The Bertz CT molecular complexity index is 446. The van der Waals surface area contributed by atoms with E-state index in [0.29, 0.717) is 4.99 Å². The number of amides is 1. The van der Waals surface area contributed by atoms with Gasteiger partial charge in [0, 0.05) is 12.0 Å². The summed E-state index contributed by atoms with van der Waals surface area (Å²) < 4.78 is 5.04. The van der Waals surface area contributed by atoms with Gasteiger partial charge in [-0.2, -0.15) is 0 Å². The van der Waals surface area contributed by atoms with Crippen molar-refractivity contribution in [3.05, 3.63) is 23.1 Å². The van der Waals surface area contributed by atoms with Crippen molar-refractivity contribution in [3.8, 4) is 0 Å². The van der Waals surface area contributed by atoms with Crippen LogP contribution in [0.15, 0.2) is 16.5 Å². The van der Waals surface area contributed by atoms with E-state index in [1.54, 1.807) is 6.07 Å². The smallest absolute Gasteiger partial charge is 0.287 e. The number of rotatable bonds is 3. The van der Waals surface area contributed by atoms with Gasteiger partial charge in [-0.1, -0.05) is 18.6 Å². The molecule has 92 valence electrons. The van der Waals surface area contributed by atoms with Crippen LogP contribution >= 0.6 is 23.8 Å². The minimum Gasteiger partial charge on any atom is -0.440 e. The second-order valence-electron chi connectivity index (χ2n) is 4.12. The first kappa shape index (κ1) is 12.4. The molecule has 1 fully saturated rings. The molecule has 0 radical (unpaired) electrons. The molecule has 1 heterocycles. The molecular weight excluding hydrogens is 260 g/mol. The molecule has 0 spiro atoms. The number of furan rings is 1. The fourth-order valence-electron chi connectivity index (χ4n) is 2.15. The third-order valence-electron chi connectivity index (χ3n) is 2.99. The lowest BCUT2D eigenvalue weighted by Crippen LogP contribution is -2.41. The van der Waals surface area contributed by atoms with Gasteiger partial charge in [0.1, 0.15) is 0 Å².